The molecule has 1 amide bonds. The van der Waals surface area contributed by atoms with Crippen LogP contribution in [0.3, 0.4) is 0 Å². The predicted octanol–water partition coefficient (Wildman–Crippen LogP) is 4.18. The van der Waals surface area contributed by atoms with Crippen LogP contribution in [0, 0.1) is 0 Å². The first kappa shape index (κ1) is 14.7. The quantitative estimate of drug-likeness (QED) is 0.730. The van der Waals surface area contributed by atoms with Crippen molar-refractivity contribution in [3.8, 4) is 11.3 Å². The van der Waals surface area contributed by atoms with E-state index in [-0.39, 0.29) is 5.91 Å². The van der Waals surface area contributed by atoms with Crippen LogP contribution in [0.4, 0.5) is 5.13 Å². The molecule has 6 heteroatoms. The molecule has 0 aliphatic rings. The summed E-state index contributed by atoms with van der Waals surface area (Å²) in [7, 11) is 0. The maximum atomic E-state index is 12.2. The molecular formula is C16H13N3OS2. The normalized spacial score (nSPS) is 10.4. The number of anilines is 1. The maximum absolute atomic E-state index is 12.2. The first-order valence-corrected chi connectivity index (χ1v) is 8.68. The van der Waals surface area contributed by atoms with Gasteiger partial charge in [0.2, 0.25) is 0 Å². The Labute approximate surface area is 136 Å². The third-order valence-electron chi connectivity index (χ3n) is 3.03. The van der Waals surface area contributed by atoms with Crippen molar-refractivity contribution in [3.05, 3.63) is 59.7 Å². The Kier molecular flexibility index (Phi) is 4.50. The number of hydrogen-bond acceptors (Lipinski definition) is 5. The molecule has 0 fully saturated rings. The third-order valence-corrected chi connectivity index (χ3v) is 4.54. The SMILES string of the molecule is CSc1ccc(C(=O)Nc2nc(-c3cccnc3)cs2)cc1. The zero-order valence-corrected chi connectivity index (χ0v) is 13.4. The van der Waals surface area contributed by atoms with E-state index in [1.807, 2.05) is 48.0 Å². The van der Waals surface area contributed by atoms with E-state index in [2.05, 4.69) is 15.3 Å². The summed E-state index contributed by atoms with van der Waals surface area (Å²) in [5.41, 5.74) is 2.37. The van der Waals surface area contributed by atoms with Crippen LogP contribution >= 0.6 is 23.1 Å². The first-order valence-electron chi connectivity index (χ1n) is 6.57. The molecule has 0 aliphatic heterocycles. The number of nitrogens with one attached hydrogen (secondary N) is 1. The maximum Gasteiger partial charge on any atom is 0.257 e. The molecule has 0 bridgehead atoms. The van der Waals surface area contributed by atoms with Crippen LogP contribution in [0.25, 0.3) is 11.3 Å². The minimum atomic E-state index is -0.153. The van der Waals surface area contributed by atoms with Gasteiger partial charge in [-0.15, -0.1) is 23.1 Å². The van der Waals surface area contributed by atoms with E-state index in [1.165, 1.54) is 11.3 Å². The van der Waals surface area contributed by atoms with Gasteiger partial charge in [0.05, 0.1) is 5.69 Å². The van der Waals surface area contributed by atoms with Crippen molar-refractivity contribution >= 4 is 34.1 Å². The van der Waals surface area contributed by atoms with Crippen molar-refractivity contribution in [1.29, 1.82) is 0 Å². The predicted molar refractivity (Wildman–Crippen MR) is 91.5 cm³/mol. The smallest absolute Gasteiger partial charge is 0.257 e. The first-order chi connectivity index (χ1) is 10.8. The van der Waals surface area contributed by atoms with Gasteiger partial charge < -0.3 is 0 Å². The number of amides is 1. The molecule has 2 aromatic heterocycles. The lowest BCUT2D eigenvalue weighted by atomic mass is 10.2. The molecule has 0 unspecified atom stereocenters. The summed E-state index contributed by atoms with van der Waals surface area (Å²) in [6, 6.07) is 11.3. The van der Waals surface area contributed by atoms with E-state index in [1.54, 1.807) is 24.2 Å². The van der Waals surface area contributed by atoms with E-state index in [0.717, 1.165) is 16.2 Å². The highest BCUT2D eigenvalue weighted by Crippen LogP contribution is 2.24. The van der Waals surface area contributed by atoms with Crippen LogP contribution in [0.5, 0.6) is 0 Å². The Hall–Kier alpha value is -2.18. The van der Waals surface area contributed by atoms with Gasteiger partial charge in [-0.1, -0.05) is 0 Å². The van der Waals surface area contributed by atoms with E-state index >= 15 is 0 Å². The second kappa shape index (κ2) is 6.72. The van der Waals surface area contributed by atoms with Gasteiger partial charge in [0, 0.05) is 33.8 Å². The summed E-state index contributed by atoms with van der Waals surface area (Å²) >= 11 is 3.05. The lowest BCUT2D eigenvalue weighted by molar-refractivity contribution is 0.102. The second-order valence-electron chi connectivity index (χ2n) is 4.46. The number of thioether (sulfide) groups is 1. The number of thiazole rings is 1. The Morgan fingerprint density at radius 2 is 2.05 bits per heavy atom. The summed E-state index contributed by atoms with van der Waals surface area (Å²) < 4.78 is 0. The van der Waals surface area contributed by atoms with Crippen LogP contribution in [0.1, 0.15) is 10.4 Å². The third kappa shape index (κ3) is 3.35. The summed E-state index contributed by atoms with van der Waals surface area (Å²) in [5.74, 6) is -0.153. The topological polar surface area (TPSA) is 54.9 Å². The van der Waals surface area contributed by atoms with Crippen LogP contribution in [-0.2, 0) is 0 Å². The molecule has 0 saturated carbocycles. The number of pyridine rings is 1. The highest BCUT2D eigenvalue weighted by molar-refractivity contribution is 7.98. The summed E-state index contributed by atoms with van der Waals surface area (Å²) in [5, 5.41) is 5.31. The number of hydrogen-bond donors (Lipinski definition) is 1. The summed E-state index contributed by atoms with van der Waals surface area (Å²) in [6.45, 7) is 0. The van der Waals surface area contributed by atoms with E-state index < -0.39 is 0 Å². The fraction of sp³-hybridized carbons (Fsp3) is 0.0625. The Balaban J connectivity index is 1.73. The molecule has 22 heavy (non-hydrogen) atoms. The number of carbonyl (C=O) groups is 1. The van der Waals surface area contributed by atoms with Crippen molar-refractivity contribution in [3.63, 3.8) is 0 Å². The molecule has 4 nitrogen and oxygen atoms in total. The van der Waals surface area contributed by atoms with Crippen LogP contribution in [0.15, 0.2) is 59.1 Å². The highest BCUT2D eigenvalue weighted by atomic mass is 32.2. The number of rotatable bonds is 4. The molecule has 2 heterocycles. The number of aromatic nitrogens is 2. The van der Waals surface area contributed by atoms with Crippen molar-refractivity contribution in [1.82, 2.24) is 9.97 Å². The molecule has 3 rings (SSSR count). The molecule has 1 N–H and O–H groups in total. The van der Waals surface area contributed by atoms with Crippen LogP contribution in [0.2, 0.25) is 0 Å². The molecule has 0 aliphatic carbocycles. The van der Waals surface area contributed by atoms with Crippen molar-refractivity contribution in [2.45, 2.75) is 4.90 Å². The molecule has 1 aromatic carbocycles. The zero-order chi connectivity index (χ0) is 15.4. The Bertz CT molecular complexity index is 770. The van der Waals surface area contributed by atoms with E-state index in [9.17, 15) is 4.79 Å². The average molecular weight is 327 g/mol. The van der Waals surface area contributed by atoms with E-state index in [0.29, 0.717) is 10.7 Å². The minimum Gasteiger partial charge on any atom is -0.298 e. The van der Waals surface area contributed by atoms with Crippen molar-refractivity contribution < 1.29 is 4.79 Å². The largest absolute Gasteiger partial charge is 0.298 e. The summed E-state index contributed by atoms with van der Waals surface area (Å²) in [4.78, 5) is 21.8. The van der Waals surface area contributed by atoms with Crippen molar-refractivity contribution in [2.24, 2.45) is 0 Å². The second-order valence-corrected chi connectivity index (χ2v) is 6.20. The average Bonchev–Trinajstić information content (AvgIpc) is 3.04. The van der Waals surface area contributed by atoms with Gasteiger partial charge in [0.15, 0.2) is 5.13 Å². The summed E-state index contributed by atoms with van der Waals surface area (Å²) in [6.07, 6.45) is 5.48. The fourth-order valence-corrected chi connectivity index (χ4v) is 3.01. The monoisotopic (exact) mass is 327 g/mol. The number of benzene rings is 1. The molecule has 0 radical (unpaired) electrons. The Morgan fingerprint density at radius 1 is 1.23 bits per heavy atom. The molecule has 0 spiro atoms. The lowest BCUT2D eigenvalue weighted by Gasteiger charge is -2.02. The minimum absolute atomic E-state index is 0.153. The van der Waals surface area contributed by atoms with Gasteiger partial charge in [-0.05, 0) is 42.7 Å². The van der Waals surface area contributed by atoms with Crippen LogP contribution in [-0.4, -0.2) is 22.1 Å². The van der Waals surface area contributed by atoms with Crippen LogP contribution < -0.4 is 5.32 Å². The van der Waals surface area contributed by atoms with Crippen molar-refractivity contribution in [2.75, 3.05) is 11.6 Å². The highest BCUT2D eigenvalue weighted by Gasteiger charge is 2.10. The standard InChI is InChI=1S/C16H13N3OS2/c1-21-13-6-4-11(5-7-13)15(20)19-16-18-14(10-22-16)12-3-2-8-17-9-12/h2-10H,1H3,(H,18,19,20). The van der Waals surface area contributed by atoms with Gasteiger partial charge in [0.1, 0.15) is 0 Å². The molecule has 0 atom stereocenters. The molecule has 3 aromatic rings. The molecule has 0 saturated heterocycles. The fourth-order valence-electron chi connectivity index (χ4n) is 1.89. The zero-order valence-electron chi connectivity index (χ0n) is 11.8. The van der Waals surface area contributed by atoms with Gasteiger partial charge >= 0.3 is 0 Å². The Morgan fingerprint density at radius 3 is 2.73 bits per heavy atom. The van der Waals surface area contributed by atoms with Gasteiger partial charge in [-0.3, -0.25) is 15.1 Å². The molecule has 110 valence electrons. The molecular weight excluding hydrogens is 314 g/mol. The van der Waals surface area contributed by atoms with Gasteiger partial charge in [0.25, 0.3) is 5.91 Å². The van der Waals surface area contributed by atoms with E-state index in [4.69, 9.17) is 0 Å². The number of carbonyl (C=O) groups excluding carboxylic acids is 1. The lowest BCUT2D eigenvalue weighted by Crippen LogP contribution is -2.11. The van der Waals surface area contributed by atoms with Gasteiger partial charge in [-0.25, -0.2) is 4.98 Å². The number of nitrogens with zero attached hydrogens (tertiary/aromatic N) is 2. The van der Waals surface area contributed by atoms with Gasteiger partial charge in [-0.2, -0.15) is 0 Å².